The molecule has 0 radical (unpaired) electrons. The molecule has 1 aromatic carbocycles. The summed E-state index contributed by atoms with van der Waals surface area (Å²) in [5, 5.41) is 10.7. The zero-order chi connectivity index (χ0) is 20.2. The van der Waals surface area contributed by atoms with E-state index in [1.165, 1.54) is 22.1 Å². The van der Waals surface area contributed by atoms with Crippen molar-refractivity contribution in [2.24, 2.45) is 7.05 Å². The van der Waals surface area contributed by atoms with Gasteiger partial charge in [-0.05, 0) is 31.5 Å². The van der Waals surface area contributed by atoms with Crippen molar-refractivity contribution in [1.82, 2.24) is 19.1 Å². The molecule has 0 aliphatic carbocycles. The van der Waals surface area contributed by atoms with Gasteiger partial charge in [-0.25, -0.2) is 8.42 Å². The summed E-state index contributed by atoms with van der Waals surface area (Å²) in [4.78, 5) is 12.7. The number of benzene rings is 1. The molecule has 0 aliphatic heterocycles. The molecule has 1 heterocycles. The van der Waals surface area contributed by atoms with Gasteiger partial charge in [0, 0.05) is 25.8 Å². The number of nitrogens with one attached hydrogen (secondary N) is 1. The van der Waals surface area contributed by atoms with E-state index in [1.807, 2.05) is 0 Å². The van der Waals surface area contributed by atoms with Gasteiger partial charge in [0.15, 0.2) is 5.16 Å². The molecule has 1 N–H and O–H groups in total. The van der Waals surface area contributed by atoms with Gasteiger partial charge in [-0.2, -0.15) is 4.31 Å². The monoisotopic (exact) mass is 411 g/mol. The van der Waals surface area contributed by atoms with E-state index in [9.17, 15) is 13.2 Å². The van der Waals surface area contributed by atoms with E-state index in [-0.39, 0.29) is 10.8 Å². The first kappa shape index (κ1) is 21.4. The number of sulfonamides is 1. The Morgan fingerprint density at radius 2 is 2.00 bits per heavy atom. The molecule has 148 valence electrons. The molecule has 1 amide bonds. The second kappa shape index (κ2) is 8.85. The lowest BCUT2D eigenvalue weighted by atomic mass is 10.2. The van der Waals surface area contributed by atoms with Crippen LogP contribution in [0.1, 0.15) is 26.3 Å². The molecule has 0 spiro atoms. The highest BCUT2D eigenvalue weighted by Crippen LogP contribution is 2.25. The zero-order valence-electron chi connectivity index (χ0n) is 16.1. The zero-order valence-corrected chi connectivity index (χ0v) is 17.8. The van der Waals surface area contributed by atoms with Crippen molar-refractivity contribution in [2.45, 2.75) is 43.0 Å². The van der Waals surface area contributed by atoms with Crippen LogP contribution in [0.15, 0.2) is 34.6 Å². The largest absolute Gasteiger partial charge is 0.325 e. The van der Waals surface area contributed by atoms with Gasteiger partial charge in [0.25, 0.3) is 0 Å². The van der Waals surface area contributed by atoms with Crippen LogP contribution < -0.4 is 5.32 Å². The van der Waals surface area contributed by atoms with Gasteiger partial charge >= 0.3 is 0 Å². The Morgan fingerprint density at radius 3 is 2.56 bits per heavy atom. The van der Waals surface area contributed by atoms with Crippen LogP contribution in [0, 0.1) is 6.92 Å². The van der Waals surface area contributed by atoms with Crippen LogP contribution in [-0.4, -0.2) is 51.7 Å². The molecule has 0 unspecified atom stereocenters. The van der Waals surface area contributed by atoms with Crippen LogP contribution in [-0.2, 0) is 21.9 Å². The molecular formula is C17H25N5O3S2. The summed E-state index contributed by atoms with van der Waals surface area (Å²) in [6.07, 6.45) is 1.57. The summed E-state index contributed by atoms with van der Waals surface area (Å²) >= 11 is 1.28. The lowest BCUT2D eigenvalue weighted by Gasteiger charge is -2.20. The Kier molecular flexibility index (Phi) is 7.01. The summed E-state index contributed by atoms with van der Waals surface area (Å²) in [5.41, 5.74) is 1.09. The Bertz CT molecular complexity index is 907. The van der Waals surface area contributed by atoms with Crippen molar-refractivity contribution in [3.63, 3.8) is 0 Å². The molecule has 0 fully saturated rings. The fourth-order valence-electron chi connectivity index (χ4n) is 2.49. The number of aromatic nitrogens is 3. The number of hydrogen-bond acceptors (Lipinski definition) is 6. The fraction of sp³-hybridized carbons (Fsp3) is 0.471. The lowest BCUT2D eigenvalue weighted by molar-refractivity contribution is -0.115. The maximum absolute atomic E-state index is 12.8. The average molecular weight is 412 g/mol. The van der Waals surface area contributed by atoms with Crippen molar-refractivity contribution in [3.05, 3.63) is 30.1 Å². The van der Waals surface area contributed by atoms with Crippen molar-refractivity contribution in [2.75, 3.05) is 18.4 Å². The molecule has 8 nitrogen and oxygen atoms in total. The normalized spacial score (nSPS) is 13.0. The molecule has 0 aliphatic rings. The second-order valence-electron chi connectivity index (χ2n) is 6.04. The number of rotatable bonds is 8. The number of hydrogen-bond donors (Lipinski definition) is 1. The summed E-state index contributed by atoms with van der Waals surface area (Å²) in [6.45, 7) is 7.88. The van der Waals surface area contributed by atoms with Gasteiger partial charge in [0.05, 0.1) is 10.1 Å². The minimum Gasteiger partial charge on any atom is -0.325 e. The first-order chi connectivity index (χ1) is 12.7. The van der Waals surface area contributed by atoms with Crippen LogP contribution in [0.5, 0.6) is 0 Å². The third-order valence-electron chi connectivity index (χ3n) is 4.10. The minimum absolute atomic E-state index is 0.206. The number of anilines is 1. The van der Waals surface area contributed by atoms with Gasteiger partial charge in [0.1, 0.15) is 6.33 Å². The van der Waals surface area contributed by atoms with E-state index in [1.54, 1.807) is 57.8 Å². The van der Waals surface area contributed by atoms with E-state index in [4.69, 9.17) is 0 Å². The van der Waals surface area contributed by atoms with Crippen molar-refractivity contribution in [1.29, 1.82) is 0 Å². The molecule has 27 heavy (non-hydrogen) atoms. The van der Waals surface area contributed by atoms with Gasteiger partial charge < -0.3 is 9.88 Å². The quantitative estimate of drug-likeness (QED) is 0.669. The van der Waals surface area contributed by atoms with E-state index in [2.05, 4.69) is 15.5 Å². The van der Waals surface area contributed by atoms with Gasteiger partial charge in [0.2, 0.25) is 15.9 Å². The molecule has 0 saturated carbocycles. The molecule has 1 aromatic heterocycles. The highest BCUT2D eigenvalue weighted by molar-refractivity contribution is 8.00. The number of thioether (sulfide) groups is 1. The number of carbonyl (C=O) groups excluding carboxylic acids is 1. The molecule has 2 aromatic rings. The standard InChI is InChI=1S/C17H25N5O3S2/c1-6-22(7-2)27(24,25)15-10-14(9-8-12(15)3)19-16(23)13(4)26-17-20-18-11-21(17)5/h8-11,13H,6-7H2,1-5H3,(H,19,23)/t13-/m0/s1. The number of aryl methyl sites for hydroxylation is 2. The molecule has 2 rings (SSSR count). The fourth-order valence-corrected chi connectivity index (χ4v) is 4.99. The summed E-state index contributed by atoms with van der Waals surface area (Å²) < 4.78 is 28.8. The van der Waals surface area contributed by atoms with Gasteiger partial charge in [-0.3, -0.25) is 4.79 Å². The van der Waals surface area contributed by atoms with Crippen LogP contribution in [0.25, 0.3) is 0 Å². The molecule has 0 bridgehead atoms. The smallest absolute Gasteiger partial charge is 0.243 e. The van der Waals surface area contributed by atoms with Crippen molar-refractivity contribution >= 4 is 33.4 Å². The summed E-state index contributed by atoms with van der Waals surface area (Å²) in [5.74, 6) is -0.238. The average Bonchev–Trinajstić information content (AvgIpc) is 3.02. The number of carbonyl (C=O) groups is 1. The molecular weight excluding hydrogens is 386 g/mol. The van der Waals surface area contributed by atoms with Crippen LogP contribution in [0.2, 0.25) is 0 Å². The third kappa shape index (κ3) is 4.88. The first-order valence-electron chi connectivity index (χ1n) is 8.63. The second-order valence-corrected chi connectivity index (χ2v) is 9.26. The van der Waals surface area contributed by atoms with Crippen molar-refractivity contribution in [3.8, 4) is 0 Å². The Morgan fingerprint density at radius 1 is 1.33 bits per heavy atom. The Balaban J connectivity index is 2.20. The van der Waals surface area contributed by atoms with E-state index in [0.717, 1.165) is 0 Å². The van der Waals surface area contributed by atoms with Crippen LogP contribution in [0.4, 0.5) is 5.69 Å². The Labute approximate surface area is 164 Å². The van der Waals surface area contributed by atoms with E-state index >= 15 is 0 Å². The van der Waals surface area contributed by atoms with Crippen molar-refractivity contribution < 1.29 is 13.2 Å². The van der Waals surface area contributed by atoms with Gasteiger partial charge in [-0.1, -0.05) is 31.7 Å². The van der Waals surface area contributed by atoms with Crippen LogP contribution in [0.3, 0.4) is 0 Å². The maximum Gasteiger partial charge on any atom is 0.243 e. The predicted octanol–water partition coefficient (Wildman–Crippen LogP) is 2.27. The third-order valence-corrected chi connectivity index (χ3v) is 7.44. The Hall–Kier alpha value is -1.91. The predicted molar refractivity (Wildman–Crippen MR) is 106 cm³/mol. The summed E-state index contributed by atoms with van der Waals surface area (Å²) in [7, 11) is -1.80. The number of nitrogens with zero attached hydrogens (tertiary/aromatic N) is 4. The van der Waals surface area contributed by atoms with E-state index < -0.39 is 15.3 Å². The van der Waals surface area contributed by atoms with Gasteiger partial charge in [-0.15, -0.1) is 10.2 Å². The van der Waals surface area contributed by atoms with Crippen LogP contribution >= 0.6 is 11.8 Å². The SMILES string of the molecule is CCN(CC)S(=O)(=O)c1cc(NC(=O)[C@H](C)Sc2nncn2C)ccc1C. The first-order valence-corrected chi connectivity index (χ1v) is 10.9. The highest BCUT2D eigenvalue weighted by atomic mass is 32.2. The summed E-state index contributed by atoms with van der Waals surface area (Å²) in [6, 6.07) is 4.92. The molecule has 0 saturated heterocycles. The number of amides is 1. The molecule has 10 heteroatoms. The lowest BCUT2D eigenvalue weighted by Crippen LogP contribution is -2.31. The molecule has 1 atom stereocenters. The topological polar surface area (TPSA) is 97.2 Å². The van der Waals surface area contributed by atoms with E-state index in [0.29, 0.717) is 29.5 Å². The maximum atomic E-state index is 12.8. The minimum atomic E-state index is -3.60. The highest BCUT2D eigenvalue weighted by Gasteiger charge is 2.24.